The summed E-state index contributed by atoms with van der Waals surface area (Å²) >= 11 is 0. The summed E-state index contributed by atoms with van der Waals surface area (Å²) in [6.07, 6.45) is 3.82. The molecule has 1 saturated heterocycles. The van der Waals surface area contributed by atoms with Crippen molar-refractivity contribution in [2.24, 2.45) is 16.6 Å². The first-order valence-corrected chi connectivity index (χ1v) is 8.78. The Morgan fingerprint density at radius 1 is 0.857 bits per heavy atom. The molecule has 0 amide bonds. The molecular weight excluding hydrogens is 258 g/mol. The third-order valence-corrected chi connectivity index (χ3v) is 5.67. The number of hydrogen-bond acceptors (Lipinski definition) is 3. The van der Waals surface area contributed by atoms with Gasteiger partial charge in [-0.1, -0.05) is 27.7 Å². The Balaban J connectivity index is 2.14. The first-order valence-electron chi connectivity index (χ1n) is 8.78. The van der Waals surface area contributed by atoms with Crippen molar-refractivity contribution in [3.63, 3.8) is 0 Å². The monoisotopic (exact) mass is 295 g/mol. The van der Waals surface area contributed by atoms with Crippen molar-refractivity contribution in [2.75, 3.05) is 32.7 Å². The highest BCUT2D eigenvalue weighted by Gasteiger charge is 2.49. The van der Waals surface area contributed by atoms with E-state index in [-0.39, 0.29) is 5.54 Å². The van der Waals surface area contributed by atoms with Crippen LogP contribution in [-0.2, 0) is 0 Å². The number of nitrogens with two attached hydrogens (primary N) is 1. The average Bonchev–Trinajstić information content (AvgIpc) is 2.35. The second kappa shape index (κ2) is 5.82. The Hall–Kier alpha value is -0.120. The first-order chi connectivity index (χ1) is 9.59. The summed E-state index contributed by atoms with van der Waals surface area (Å²) < 4.78 is 0. The summed E-state index contributed by atoms with van der Waals surface area (Å²) in [4.78, 5) is 5.33. The highest BCUT2D eigenvalue weighted by molar-refractivity contribution is 5.05. The molecule has 2 N–H and O–H groups in total. The summed E-state index contributed by atoms with van der Waals surface area (Å²) in [6, 6.07) is 0.667. The molecule has 0 unspecified atom stereocenters. The topological polar surface area (TPSA) is 32.5 Å². The first kappa shape index (κ1) is 17.2. The minimum Gasteiger partial charge on any atom is -0.329 e. The molecular formula is C18H37N3. The molecule has 21 heavy (non-hydrogen) atoms. The van der Waals surface area contributed by atoms with Crippen LogP contribution in [0.3, 0.4) is 0 Å². The van der Waals surface area contributed by atoms with E-state index in [0.717, 1.165) is 6.54 Å². The zero-order chi connectivity index (χ0) is 15.9. The molecule has 0 spiro atoms. The molecule has 1 aliphatic carbocycles. The quantitative estimate of drug-likeness (QED) is 0.869. The fourth-order valence-electron chi connectivity index (χ4n) is 5.47. The molecule has 0 aromatic carbocycles. The number of nitrogens with zero attached hydrogens (tertiary/aromatic N) is 2. The Labute approximate surface area is 132 Å². The third-order valence-electron chi connectivity index (χ3n) is 5.67. The molecule has 2 aliphatic rings. The van der Waals surface area contributed by atoms with Crippen LogP contribution in [0.1, 0.15) is 60.8 Å². The zero-order valence-electron chi connectivity index (χ0n) is 15.2. The minimum atomic E-state index is 0.217. The molecule has 1 saturated carbocycles. The van der Waals surface area contributed by atoms with Gasteiger partial charge in [0.15, 0.2) is 0 Å². The molecule has 0 aromatic rings. The van der Waals surface area contributed by atoms with Crippen molar-refractivity contribution in [1.29, 1.82) is 0 Å². The predicted octanol–water partition coefficient (Wildman–Crippen LogP) is 2.95. The van der Waals surface area contributed by atoms with E-state index in [4.69, 9.17) is 5.73 Å². The van der Waals surface area contributed by atoms with E-state index in [1.54, 1.807) is 0 Å². The SMILES string of the molecule is CC(C)N1CCN(C2(CN)CC(C)(C)CC(C)(C)C2)CC1. The summed E-state index contributed by atoms with van der Waals surface area (Å²) in [5.41, 5.74) is 7.37. The van der Waals surface area contributed by atoms with Gasteiger partial charge in [-0.05, 0) is 43.9 Å². The van der Waals surface area contributed by atoms with Gasteiger partial charge < -0.3 is 5.73 Å². The largest absolute Gasteiger partial charge is 0.329 e. The van der Waals surface area contributed by atoms with E-state index in [0.29, 0.717) is 16.9 Å². The molecule has 1 heterocycles. The van der Waals surface area contributed by atoms with Crippen LogP contribution in [-0.4, -0.2) is 54.1 Å². The maximum absolute atomic E-state index is 6.35. The van der Waals surface area contributed by atoms with Crippen molar-refractivity contribution in [2.45, 2.75) is 72.4 Å². The standard InChI is InChI=1S/C18H37N3/c1-15(2)20-7-9-21(10-8-20)18(14-19)12-16(3,4)11-17(5,6)13-18/h15H,7-14,19H2,1-6H3. The maximum atomic E-state index is 6.35. The van der Waals surface area contributed by atoms with Crippen LogP contribution >= 0.6 is 0 Å². The van der Waals surface area contributed by atoms with Crippen LogP contribution in [0.5, 0.6) is 0 Å². The zero-order valence-corrected chi connectivity index (χ0v) is 15.2. The smallest absolute Gasteiger partial charge is 0.0342 e. The fourth-order valence-corrected chi connectivity index (χ4v) is 5.47. The highest BCUT2D eigenvalue weighted by atomic mass is 15.3. The van der Waals surface area contributed by atoms with E-state index in [2.05, 4.69) is 51.3 Å². The Morgan fingerprint density at radius 2 is 1.33 bits per heavy atom. The van der Waals surface area contributed by atoms with Crippen molar-refractivity contribution in [3.8, 4) is 0 Å². The van der Waals surface area contributed by atoms with Gasteiger partial charge >= 0.3 is 0 Å². The number of hydrogen-bond donors (Lipinski definition) is 1. The third kappa shape index (κ3) is 3.80. The van der Waals surface area contributed by atoms with E-state index >= 15 is 0 Å². The lowest BCUT2D eigenvalue weighted by atomic mass is 9.58. The summed E-state index contributed by atoms with van der Waals surface area (Å²) in [5.74, 6) is 0. The summed E-state index contributed by atoms with van der Waals surface area (Å²) in [6.45, 7) is 19.9. The molecule has 2 fully saturated rings. The second-order valence-electron chi connectivity index (χ2n) is 9.40. The number of piperazine rings is 1. The molecule has 1 aliphatic heterocycles. The second-order valence-corrected chi connectivity index (χ2v) is 9.40. The minimum absolute atomic E-state index is 0.217. The summed E-state index contributed by atoms with van der Waals surface area (Å²) in [7, 11) is 0. The van der Waals surface area contributed by atoms with Crippen LogP contribution in [0.4, 0.5) is 0 Å². The lowest BCUT2D eigenvalue weighted by Gasteiger charge is -2.58. The van der Waals surface area contributed by atoms with E-state index in [1.807, 2.05) is 0 Å². The van der Waals surface area contributed by atoms with Crippen LogP contribution in [0.25, 0.3) is 0 Å². The predicted molar refractivity (Wildman–Crippen MR) is 91.5 cm³/mol. The van der Waals surface area contributed by atoms with Gasteiger partial charge in [0, 0.05) is 44.3 Å². The van der Waals surface area contributed by atoms with Crippen molar-refractivity contribution in [3.05, 3.63) is 0 Å². The van der Waals surface area contributed by atoms with Gasteiger partial charge in [-0.15, -0.1) is 0 Å². The van der Waals surface area contributed by atoms with Crippen LogP contribution in [0.2, 0.25) is 0 Å². The van der Waals surface area contributed by atoms with Gasteiger partial charge in [0.25, 0.3) is 0 Å². The van der Waals surface area contributed by atoms with E-state index in [9.17, 15) is 0 Å². The molecule has 0 radical (unpaired) electrons. The Bertz CT molecular complexity index is 335. The van der Waals surface area contributed by atoms with E-state index in [1.165, 1.54) is 45.4 Å². The van der Waals surface area contributed by atoms with Gasteiger partial charge in [0.05, 0.1) is 0 Å². The fraction of sp³-hybridized carbons (Fsp3) is 1.00. The van der Waals surface area contributed by atoms with Gasteiger partial charge in [0.1, 0.15) is 0 Å². The molecule has 2 rings (SSSR count). The highest BCUT2D eigenvalue weighted by Crippen LogP contribution is 2.52. The summed E-state index contributed by atoms with van der Waals surface area (Å²) in [5, 5.41) is 0. The Kier molecular flexibility index (Phi) is 4.78. The molecule has 0 atom stereocenters. The molecule has 3 heteroatoms. The average molecular weight is 296 g/mol. The van der Waals surface area contributed by atoms with Gasteiger partial charge in [-0.3, -0.25) is 9.80 Å². The number of rotatable bonds is 3. The van der Waals surface area contributed by atoms with E-state index < -0.39 is 0 Å². The lowest BCUT2D eigenvalue weighted by molar-refractivity contribution is -0.0636. The lowest BCUT2D eigenvalue weighted by Crippen LogP contribution is -2.65. The molecule has 124 valence electrons. The van der Waals surface area contributed by atoms with Gasteiger partial charge in [-0.25, -0.2) is 0 Å². The van der Waals surface area contributed by atoms with Crippen LogP contribution in [0.15, 0.2) is 0 Å². The van der Waals surface area contributed by atoms with Crippen molar-refractivity contribution in [1.82, 2.24) is 9.80 Å². The van der Waals surface area contributed by atoms with Gasteiger partial charge in [-0.2, -0.15) is 0 Å². The molecule has 0 bridgehead atoms. The normalized spacial score (nSPS) is 29.7. The van der Waals surface area contributed by atoms with Crippen molar-refractivity contribution >= 4 is 0 Å². The van der Waals surface area contributed by atoms with Crippen LogP contribution in [0, 0.1) is 10.8 Å². The molecule has 0 aromatic heterocycles. The van der Waals surface area contributed by atoms with Crippen LogP contribution < -0.4 is 5.73 Å². The Morgan fingerprint density at radius 3 is 1.71 bits per heavy atom. The van der Waals surface area contributed by atoms with Crippen molar-refractivity contribution < 1.29 is 0 Å². The molecule has 3 nitrogen and oxygen atoms in total. The van der Waals surface area contributed by atoms with Gasteiger partial charge in [0.2, 0.25) is 0 Å². The maximum Gasteiger partial charge on any atom is 0.0342 e.